The van der Waals surface area contributed by atoms with Gasteiger partial charge < -0.3 is 30.0 Å². The summed E-state index contributed by atoms with van der Waals surface area (Å²) in [7, 11) is 0. The van der Waals surface area contributed by atoms with E-state index in [1.54, 1.807) is 0 Å². The van der Waals surface area contributed by atoms with Crippen LogP contribution in [-0.2, 0) is 26.7 Å². The van der Waals surface area contributed by atoms with E-state index in [2.05, 4.69) is 0 Å². The van der Waals surface area contributed by atoms with Crippen LogP contribution in [0.25, 0.3) is 0 Å². The van der Waals surface area contributed by atoms with E-state index in [9.17, 15) is 19.8 Å². The number of carbonyl (C=O) groups excluding carboxylic acids is 2. The number of rotatable bonds is 3. The van der Waals surface area contributed by atoms with Gasteiger partial charge >= 0.3 is 80.9 Å². The fourth-order valence-corrected chi connectivity index (χ4v) is 0.258. The van der Waals surface area contributed by atoms with Crippen LogP contribution >= 0.6 is 0 Å². The number of aliphatic hydroxyl groups excluding tert-OH is 2. The van der Waals surface area contributed by atoms with Gasteiger partial charge in [-0.2, -0.15) is 0 Å². The Kier molecular flexibility index (Phi) is 22.6. The molecule has 1 radical (unpaired) electrons. The predicted octanol–water partition coefficient (Wildman–Crippen LogP) is -10.8. The van der Waals surface area contributed by atoms with Crippen LogP contribution in [0.5, 0.6) is 0 Å². The molecule has 0 saturated carbocycles. The van der Waals surface area contributed by atoms with E-state index < -0.39 is 24.1 Å². The first-order valence-electron chi connectivity index (χ1n) is 2.24. The number of aliphatic hydroxyl groups is 2. The van der Waals surface area contributed by atoms with Crippen LogP contribution in [0.2, 0.25) is 0 Å². The molecule has 0 aromatic carbocycles. The second kappa shape index (κ2) is 12.1. The molecule has 0 aromatic rings. The van der Waals surface area contributed by atoms with Gasteiger partial charge in [-0.15, -0.1) is 0 Å². The van der Waals surface area contributed by atoms with Crippen molar-refractivity contribution in [3.05, 3.63) is 0 Å². The number of aliphatic carboxylic acids is 2. The SMILES string of the molecule is O=C([O-])C(O)C(O)C(=O)[O-].[Cu].[K+].[Na+]. The van der Waals surface area contributed by atoms with Crippen molar-refractivity contribution >= 4 is 11.9 Å². The molecule has 13 heavy (non-hydrogen) atoms. The minimum Gasteiger partial charge on any atom is -0.547 e. The Balaban J connectivity index is -0.000000135. The Bertz CT molecular complexity index is 149. The third-order valence-electron chi connectivity index (χ3n) is 0.782. The molecule has 69 valence electrons. The normalized spacial score (nSPS) is 12.2. The van der Waals surface area contributed by atoms with Gasteiger partial charge in [0, 0.05) is 17.1 Å². The van der Waals surface area contributed by atoms with Crippen molar-refractivity contribution in [2.75, 3.05) is 0 Å². The molecule has 0 bridgehead atoms. The molecule has 0 amide bonds. The van der Waals surface area contributed by atoms with E-state index in [4.69, 9.17) is 10.2 Å². The summed E-state index contributed by atoms with van der Waals surface area (Å²) < 4.78 is 0. The molecule has 2 unspecified atom stereocenters. The van der Waals surface area contributed by atoms with Crippen LogP contribution in [0.3, 0.4) is 0 Å². The molecule has 0 fully saturated rings. The summed E-state index contributed by atoms with van der Waals surface area (Å²) in [5.74, 6) is -4.12. The van der Waals surface area contributed by atoms with Crippen molar-refractivity contribution in [3.8, 4) is 0 Å². The van der Waals surface area contributed by atoms with Crippen molar-refractivity contribution in [3.63, 3.8) is 0 Å². The fraction of sp³-hybridized carbons (Fsp3) is 0.500. The van der Waals surface area contributed by atoms with Gasteiger partial charge in [-0.05, 0) is 0 Å². The molecule has 0 saturated heterocycles. The summed E-state index contributed by atoms with van der Waals surface area (Å²) in [4.78, 5) is 19.3. The molecule has 0 rings (SSSR count). The van der Waals surface area contributed by atoms with E-state index in [1.807, 2.05) is 0 Å². The average Bonchev–Trinajstić information content (AvgIpc) is 1.84. The quantitative estimate of drug-likeness (QED) is 0.493. The smallest absolute Gasteiger partial charge is 0.547 e. The Hall–Kier alpha value is 2.02. The van der Waals surface area contributed by atoms with E-state index in [1.165, 1.54) is 0 Å². The molecule has 0 aliphatic carbocycles. The molecule has 2 N–H and O–H groups in total. The third-order valence-corrected chi connectivity index (χ3v) is 0.782. The van der Waals surface area contributed by atoms with Crippen LogP contribution in [0, 0.1) is 0 Å². The zero-order valence-electron chi connectivity index (χ0n) is 6.98. The molecule has 0 spiro atoms. The van der Waals surface area contributed by atoms with E-state index >= 15 is 0 Å². The average molecular weight is 274 g/mol. The second-order valence-electron chi connectivity index (χ2n) is 1.53. The van der Waals surface area contributed by atoms with Gasteiger partial charge in [-0.1, -0.05) is 0 Å². The molecule has 9 heteroatoms. The van der Waals surface area contributed by atoms with Gasteiger partial charge in [-0.25, -0.2) is 0 Å². The van der Waals surface area contributed by atoms with E-state index in [0.29, 0.717) is 0 Å². The zero-order valence-corrected chi connectivity index (χ0v) is 13.0. The summed E-state index contributed by atoms with van der Waals surface area (Å²) >= 11 is 0. The summed E-state index contributed by atoms with van der Waals surface area (Å²) in [5, 5.41) is 35.7. The molecular weight excluding hydrogens is 270 g/mol. The number of carboxylic acid groups (broad SMARTS) is 2. The maximum Gasteiger partial charge on any atom is 1.00 e. The Morgan fingerprint density at radius 2 is 1.15 bits per heavy atom. The first-order chi connectivity index (χ1) is 4.46. The van der Waals surface area contributed by atoms with Crippen LogP contribution in [-0.4, -0.2) is 34.4 Å². The van der Waals surface area contributed by atoms with E-state index in [-0.39, 0.29) is 98.0 Å². The van der Waals surface area contributed by atoms with Crippen molar-refractivity contribution < 1.29 is 128 Å². The molecule has 0 aliphatic rings. The largest absolute Gasteiger partial charge is 1.00 e. The fourth-order valence-electron chi connectivity index (χ4n) is 0.258. The molecule has 0 heterocycles. The van der Waals surface area contributed by atoms with Gasteiger partial charge in [0.1, 0.15) is 12.2 Å². The number of hydrogen-bond donors (Lipinski definition) is 2. The standard InChI is InChI=1S/C4H6O6.Cu.K.Na/c5-1(3(7)8)2(6)4(9)10;;;/h1-2,5-6H,(H,7,8)(H,9,10);;;/q;;2*+1/p-2. The van der Waals surface area contributed by atoms with Gasteiger partial charge in [-0.3, -0.25) is 0 Å². The van der Waals surface area contributed by atoms with Crippen LogP contribution < -0.4 is 91.2 Å². The molecular formula is C4H4CuKNaO6. The third kappa shape index (κ3) is 10.3. The van der Waals surface area contributed by atoms with Crippen molar-refractivity contribution in [2.24, 2.45) is 0 Å². The van der Waals surface area contributed by atoms with Gasteiger partial charge in [0.2, 0.25) is 0 Å². The minimum absolute atomic E-state index is 0. The number of carboxylic acids is 2. The maximum atomic E-state index is 9.63. The summed E-state index contributed by atoms with van der Waals surface area (Å²) in [5.41, 5.74) is 0. The zero-order chi connectivity index (χ0) is 8.31. The molecule has 0 aliphatic heterocycles. The summed E-state index contributed by atoms with van der Waals surface area (Å²) in [6.45, 7) is 0. The molecule has 6 nitrogen and oxygen atoms in total. The van der Waals surface area contributed by atoms with Crippen molar-refractivity contribution in [1.29, 1.82) is 0 Å². The van der Waals surface area contributed by atoms with Gasteiger partial charge in [0.05, 0.1) is 11.9 Å². The maximum absolute atomic E-state index is 9.63. The Morgan fingerprint density at radius 3 is 1.23 bits per heavy atom. The van der Waals surface area contributed by atoms with Crippen LogP contribution in [0.15, 0.2) is 0 Å². The van der Waals surface area contributed by atoms with Crippen molar-refractivity contribution in [2.45, 2.75) is 12.2 Å². The van der Waals surface area contributed by atoms with Gasteiger partial charge in [0.15, 0.2) is 0 Å². The first kappa shape index (κ1) is 24.3. The topological polar surface area (TPSA) is 121 Å². The minimum atomic E-state index is -2.44. The first-order valence-corrected chi connectivity index (χ1v) is 2.24. The monoisotopic (exact) mass is 273 g/mol. The Morgan fingerprint density at radius 1 is 1.00 bits per heavy atom. The predicted molar refractivity (Wildman–Crippen MR) is 22.0 cm³/mol. The second-order valence-corrected chi connectivity index (χ2v) is 1.53. The summed E-state index contributed by atoms with van der Waals surface area (Å²) in [6.07, 6.45) is -4.88. The van der Waals surface area contributed by atoms with Crippen molar-refractivity contribution in [1.82, 2.24) is 0 Å². The van der Waals surface area contributed by atoms with Gasteiger partial charge in [0.25, 0.3) is 0 Å². The van der Waals surface area contributed by atoms with Crippen LogP contribution in [0.4, 0.5) is 0 Å². The molecule has 2 atom stereocenters. The number of hydrogen-bond acceptors (Lipinski definition) is 6. The van der Waals surface area contributed by atoms with Crippen LogP contribution in [0.1, 0.15) is 0 Å². The summed E-state index contributed by atoms with van der Waals surface area (Å²) in [6, 6.07) is 0. The Labute approximate surface area is 149 Å². The molecule has 0 aromatic heterocycles. The van der Waals surface area contributed by atoms with E-state index in [0.717, 1.165) is 0 Å². The number of carbonyl (C=O) groups is 2.